The number of hydrogen-bond acceptors (Lipinski definition) is 1. The Kier molecular flexibility index (Phi) is 14.9. The summed E-state index contributed by atoms with van der Waals surface area (Å²) in [5.74, 6) is 0.913. The third-order valence-corrected chi connectivity index (χ3v) is 3.34. The molecular weight excluding hydrogens is 244 g/mol. The van der Waals surface area contributed by atoms with Gasteiger partial charge in [-0.3, -0.25) is 0 Å². The van der Waals surface area contributed by atoms with Crippen molar-refractivity contribution in [3.05, 3.63) is 43.4 Å². The Bertz CT molecular complexity index is 284. The summed E-state index contributed by atoms with van der Waals surface area (Å²) in [5.41, 5.74) is 2.89. The van der Waals surface area contributed by atoms with Crippen molar-refractivity contribution in [3.8, 4) is 0 Å². The number of rotatable bonds is 15. The van der Waals surface area contributed by atoms with Crippen LogP contribution in [-0.4, -0.2) is 6.61 Å². The molecule has 0 aromatic heterocycles. The minimum Gasteiger partial charge on any atom is -0.490 e. The molecule has 0 saturated heterocycles. The fourth-order valence-corrected chi connectivity index (χ4v) is 2.09. The van der Waals surface area contributed by atoms with Crippen LogP contribution in [0.1, 0.15) is 70.6 Å². The molecule has 0 aliphatic heterocycles. The summed E-state index contributed by atoms with van der Waals surface area (Å²) >= 11 is 0. The highest BCUT2D eigenvalue weighted by Gasteiger charge is 1.97. The topological polar surface area (TPSA) is 9.23 Å². The van der Waals surface area contributed by atoms with Crippen molar-refractivity contribution in [2.45, 2.75) is 70.6 Å². The smallest absolute Gasteiger partial charge is 0.137 e. The van der Waals surface area contributed by atoms with Crippen LogP contribution in [0.25, 0.3) is 0 Å². The second-order valence-corrected chi connectivity index (χ2v) is 5.18. The molecule has 0 aliphatic carbocycles. The highest BCUT2D eigenvalue weighted by atomic mass is 16.5. The monoisotopic (exact) mass is 276 g/mol. The summed E-state index contributed by atoms with van der Waals surface area (Å²) in [5, 5.41) is 0. The molecule has 0 amide bonds. The standard InChI is InChI=1S/C19H32O/c1-4-7-9-10-11-12-13-14-16-18-20-19(6-3)17-15-8-5-2/h4-5H,1-3,7-18H2. The third-order valence-electron chi connectivity index (χ3n) is 3.34. The molecule has 1 heteroatoms. The average molecular weight is 276 g/mol. The van der Waals surface area contributed by atoms with Crippen LogP contribution in [0.2, 0.25) is 0 Å². The molecular formula is C19H32O. The lowest BCUT2D eigenvalue weighted by molar-refractivity contribution is 0.195. The minimum absolute atomic E-state index is 0.808. The van der Waals surface area contributed by atoms with Gasteiger partial charge in [0, 0.05) is 6.42 Å². The van der Waals surface area contributed by atoms with Crippen molar-refractivity contribution in [3.63, 3.8) is 0 Å². The van der Waals surface area contributed by atoms with Gasteiger partial charge in [-0.05, 0) is 32.1 Å². The molecule has 20 heavy (non-hydrogen) atoms. The summed E-state index contributed by atoms with van der Waals surface area (Å²) in [6.07, 6.45) is 17.2. The van der Waals surface area contributed by atoms with E-state index in [-0.39, 0.29) is 0 Å². The van der Waals surface area contributed by atoms with E-state index in [1.54, 1.807) is 0 Å². The summed E-state index contributed by atoms with van der Waals surface area (Å²) in [6.45, 7) is 12.0. The van der Waals surface area contributed by atoms with E-state index < -0.39 is 0 Å². The second-order valence-electron chi connectivity index (χ2n) is 5.18. The van der Waals surface area contributed by atoms with Crippen molar-refractivity contribution < 1.29 is 4.74 Å². The molecule has 0 rings (SSSR count). The SMILES string of the molecule is C=C=C(CCCC=C)OCCCCCCCCCC=C. The first kappa shape index (κ1) is 18.8. The van der Waals surface area contributed by atoms with Crippen LogP contribution < -0.4 is 0 Å². The van der Waals surface area contributed by atoms with Gasteiger partial charge in [-0.2, -0.15) is 0 Å². The van der Waals surface area contributed by atoms with Crippen molar-refractivity contribution >= 4 is 0 Å². The molecule has 0 unspecified atom stereocenters. The van der Waals surface area contributed by atoms with E-state index in [9.17, 15) is 0 Å². The number of hydrogen-bond donors (Lipinski definition) is 0. The van der Waals surface area contributed by atoms with Gasteiger partial charge in [0.15, 0.2) is 0 Å². The van der Waals surface area contributed by atoms with Gasteiger partial charge in [0.1, 0.15) is 5.76 Å². The van der Waals surface area contributed by atoms with E-state index in [1.807, 2.05) is 12.2 Å². The Labute approximate surface area is 126 Å². The van der Waals surface area contributed by atoms with Crippen LogP contribution >= 0.6 is 0 Å². The quantitative estimate of drug-likeness (QED) is 0.147. The maximum atomic E-state index is 5.70. The Balaban J connectivity index is 3.31. The van der Waals surface area contributed by atoms with Crippen LogP contribution in [0.15, 0.2) is 43.4 Å². The molecule has 0 aromatic rings. The highest BCUT2D eigenvalue weighted by molar-refractivity contribution is 4.89. The summed E-state index contributed by atoms with van der Waals surface area (Å²) < 4.78 is 5.70. The first-order chi connectivity index (χ1) is 9.85. The zero-order valence-electron chi connectivity index (χ0n) is 13.2. The van der Waals surface area contributed by atoms with Crippen LogP contribution in [0, 0.1) is 0 Å². The predicted octanol–water partition coefficient (Wildman–Crippen LogP) is 6.33. The van der Waals surface area contributed by atoms with Crippen molar-refractivity contribution in [2.24, 2.45) is 0 Å². The normalized spacial score (nSPS) is 9.80. The maximum Gasteiger partial charge on any atom is 0.137 e. The molecule has 0 radical (unpaired) electrons. The van der Waals surface area contributed by atoms with E-state index >= 15 is 0 Å². The Morgan fingerprint density at radius 2 is 1.35 bits per heavy atom. The van der Waals surface area contributed by atoms with Crippen LogP contribution in [0.3, 0.4) is 0 Å². The lowest BCUT2D eigenvalue weighted by Gasteiger charge is -2.08. The second kappa shape index (κ2) is 15.9. The lowest BCUT2D eigenvalue weighted by atomic mass is 10.1. The van der Waals surface area contributed by atoms with E-state index in [0.717, 1.165) is 44.5 Å². The molecule has 0 spiro atoms. The van der Waals surface area contributed by atoms with Gasteiger partial charge in [-0.25, -0.2) is 0 Å². The first-order valence-corrected chi connectivity index (χ1v) is 8.08. The Morgan fingerprint density at radius 3 is 1.95 bits per heavy atom. The first-order valence-electron chi connectivity index (χ1n) is 8.08. The molecule has 114 valence electrons. The molecule has 0 heterocycles. The van der Waals surface area contributed by atoms with E-state index in [1.165, 1.54) is 38.5 Å². The van der Waals surface area contributed by atoms with Gasteiger partial charge in [0.25, 0.3) is 0 Å². The fourth-order valence-electron chi connectivity index (χ4n) is 2.09. The Hall–Kier alpha value is -1.20. The number of ether oxygens (including phenoxy) is 1. The van der Waals surface area contributed by atoms with E-state index in [2.05, 4.69) is 25.5 Å². The van der Waals surface area contributed by atoms with Crippen molar-refractivity contribution in [1.29, 1.82) is 0 Å². The average Bonchev–Trinajstić information content (AvgIpc) is 2.47. The zero-order valence-corrected chi connectivity index (χ0v) is 13.2. The molecule has 0 atom stereocenters. The van der Waals surface area contributed by atoms with Gasteiger partial charge in [0.2, 0.25) is 0 Å². The molecule has 0 bridgehead atoms. The minimum atomic E-state index is 0.808. The molecule has 0 aromatic carbocycles. The molecule has 0 saturated carbocycles. The molecule has 1 nitrogen and oxygen atoms in total. The molecule has 0 N–H and O–H groups in total. The predicted molar refractivity (Wildman–Crippen MR) is 89.8 cm³/mol. The summed E-state index contributed by atoms with van der Waals surface area (Å²) in [7, 11) is 0. The lowest BCUT2D eigenvalue weighted by Crippen LogP contribution is -1.95. The van der Waals surface area contributed by atoms with Gasteiger partial charge in [-0.15, -0.1) is 13.2 Å². The van der Waals surface area contributed by atoms with Crippen LogP contribution in [0.4, 0.5) is 0 Å². The largest absolute Gasteiger partial charge is 0.490 e. The van der Waals surface area contributed by atoms with E-state index in [4.69, 9.17) is 4.74 Å². The molecule has 0 fully saturated rings. The fraction of sp³-hybridized carbons (Fsp3) is 0.632. The zero-order chi connectivity index (χ0) is 14.9. The maximum absolute atomic E-state index is 5.70. The van der Waals surface area contributed by atoms with Gasteiger partial charge >= 0.3 is 0 Å². The summed E-state index contributed by atoms with van der Waals surface area (Å²) in [6, 6.07) is 0. The summed E-state index contributed by atoms with van der Waals surface area (Å²) in [4.78, 5) is 0. The van der Waals surface area contributed by atoms with Gasteiger partial charge in [-0.1, -0.05) is 56.6 Å². The van der Waals surface area contributed by atoms with Gasteiger partial charge in [0.05, 0.1) is 6.61 Å². The Morgan fingerprint density at radius 1 is 0.800 bits per heavy atom. The molecule has 0 aliphatic rings. The van der Waals surface area contributed by atoms with Crippen molar-refractivity contribution in [1.82, 2.24) is 0 Å². The number of unbranched alkanes of at least 4 members (excludes halogenated alkanes) is 8. The van der Waals surface area contributed by atoms with Crippen molar-refractivity contribution in [2.75, 3.05) is 6.61 Å². The van der Waals surface area contributed by atoms with Gasteiger partial charge < -0.3 is 4.74 Å². The van der Waals surface area contributed by atoms with Crippen LogP contribution in [-0.2, 0) is 4.74 Å². The van der Waals surface area contributed by atoms with Crippen LogP contribution in [0.5, 0.6) is 0 Å². The third kappa shape index (κ3) is 13.2. The van der Waals surface area contributed by atoms with E-state index in [0.29, 0.717) is 0 Å². The number of allylic oxidation sites excluding steroid dienone is 3. The highest BCUT2D eigenvalue weighted by Crippen LogP contribution is 2.11.